The molecule has 0 aliphatic rings. The van der Waals surface area contributed by atoms with Gasteiger partial charge in [-0.1, -0.05) is 34.8 Å². The number of alkyl halides is 3. The minimum Gasteiger partial charge on any atom is -0.465 e. The molecule has 0 aromatic heterocycles. The van der Waals surface area contributed by atoms with Crippen LogP contribution >= 0.6 is 47.0 Å². The van der Waals surface area contributed by atoms with E-state index in [0.717, 1.165) is 0 Å². The Morgan fingerprint density at radius 3 is 2.22 bits per heavy atom. The highest BCUT2D eigenvalue weighted by molar-refractivity contribution is 7.80. The van der Waals surface area contributed by atoms with Crippen LogP contribution in [0.5, 0.6) is 0 Å². The fourth-order valence-corrected chi connectivity index (χ4v) is 1.99. The van der Waals surface area contributed by atoms with Crippen molar-refractivity contribution in [3.05, 3.63) is 29.8 Å². The van der Waals surface area contributed by atoms with E-state index in [2.05, 4.69) is 15.4 Å². The van der Waals surface area contributed by atoms with Crippen molar-refractivity contribution in [1.82, 2.24) is 10.6 Å². The number of halogens is 3. The highest BCUT2D eigenvalue weighted by Crippen LogP contribution is 2.29. The predicted octanol–water partition coefficient (Wildman–Crippen LogP) is 2.72. The monoisotopic (exact) mass is 399 g/mol. The molecule has 4 N–H and O–H groups in total. The topological polar surface area (TPSA) is 99.7 Å². The van der Waals surface area contributed by atoms with E-state index in [1.165, 1.54) is 19.2 Å². The van der Waals surface area contributed by atoms with Crippen LogP contribution in [-0.2, 0) is 4.74 Å². The van der Waals surface area contributed by atoms with Crippen molar-refractivity contribution in [3.8, 4) is 0 Å². The van der Waals surface area contributed by atoms with E-state index in [-0.39, 0.29) is 5.11 Å². The van der Waals surface area contributed by atoms with Gasteiger partial charge in [-0.05, 0) is 36.5 Å². The smallest absolute Gasteiger partial charge is 0.406 e. The second-order valence-electron chi connectivity index (χ2n) is 4.09. The summed E-state index contributed by atoms with van der Waals surface area (Å²) < 4.78 is 2.62. The highest BCUT2D eigenvalue weighted by atomic mass is 35.6. The number of carbonyl (C=O) groups excluding carboxylic acids is 1. The lowest BCUT2D eigenvalue weighted by molar-refractivity contribution is 0.0600. The number of hydrogen-bond donors (Lipinski definition) is 4. The molecule has 1 aromatic rings. The number of ether oxygens (including phenoxy) is 1. The van der Waals surface area contributed by atoms with Crippen molar-refractivity contribution in [2.75, 3.05) is 12.4 Å². The molecular weight excluding hydrogens is 389 g/mol. The third-order valence-corrected chi connectivity index (χ3v) is 3.31. The van der Waals surface area contributed by atoms with Crippen LogP contribution in [0.2, 0.25) is 0 Å². The lowest BCUT2D eigenvalue weighted by atomic mass is 10.2. The molecule has 1 atom stereocenters. The average molecular weight is 401 g/mol. The molecule has 7 nitrogen and oxygen atoms in total. The normalized spacial score (nSPS) is 12.0. The van der Waals surface area contributed by atoms with E-state index in [1.54, 1.807) is 12.1 Å². The van der Waals surface area contributed by atoms with Gasteiger partial charge in [-0.2, -0.15) is 0 Å². The Bertz CT molecular complexity index is 592. The number of methoxy groups -OCH3 is 1. The lowest BCUT2D eigenvalue weighted by Crippen LogP contribution is -2.55. The number of amides is 1. The molecule has 11 heteroatoms. The molecule has 0 unspecified atom stereocenters. The van der Waals surface area contributed by atoms with Gasteiger partial charge in [0, 0.05) is 5.69 Å². The van der Waals surface area contributed by atoms with Crippen LogP contribution in [0, 0.1) is 0 Å². The Hall–Kier alpha value is -1.48. The molecule has 1 aromatic carbocycles. The van der Waals surface area contributed by atoms with E-state index in [1.807, 2.05) is 5.32 Å². The van der Waals surface area contributed by atoms with E-state index in [0.29, 0.717) is 11.3 Å². The first-order valence-corrected chi connectivity index (χ1v) is 7.49. The van der Waals surface area contributed by atoms with E-state index >= 15 is 0 Å². The molecule has 23 heavy (non-hydrogen) atoms. The van der Waals surface area contributed by atoms with Crippen LogP contribution in [0.1, 0.15) is 10.4 Å². The quantitative estimate of drug-likeness (QED) is 0.267. The van der Waals surface area contributed by atoms with Crippen molar-refractivity contribution in [2.24, 2.45) is 0 Å². The fraction of sp³-hybridized carbons (Fsp3) is 0.250. The summed E-state index contributed by atoms with van der Waals surface area (Å²) in [6, 6.07) is 6.21. The number of nitrogens with one attached hydrogen (secondary N) is 3. The summed E-state index contributed by atoms with van der Waals surface area (Å²) in [5.74, 6) is -0.473. The number of carbonyl (C=O) groups is 2. The number of hydrogen-bond acceptors (Lipinski definition) is 4. The summed E-state index contributed by atoms with van der Waals surface area (Å²) in [5, 5.41) is 16.0. The summed E-state index contributed by atoms with van der Waals surface area (Å²) in [4.78, 5) is 22.0. The predicted molar refractivity (Wildman–Crippen MR) is 92.4 cm³/mol. The molecule has 0 saturated heterocycles. The van der Waals surface area contributed by atoms with Gasteiger partial charge in [0.05, 0.1) is 12.7 Å². The van der Waals surface area contributed by atoms with Gasteiger partial charge in [0.1, 0.15) is 0 Å². The summed E-state index contributed by atoms with van der Waals surface area (Å²) >= 11 is 22.0. The van der Waals surface area contributed by atoms with Crippen LogP contribution < -0.4 is 16.0 Å². The van der Waals surface area contributed by atoms with Crippen molar-refractivity contribution in [1.29, 1.82) is 0 Å². The standard InChI is InChI=1S/C12H12Cl3N3O4S/c1-22-8(19)6-2-4-7(5-3-6)16-10(23)17-9(12(13,14)15)18-11(20)21/h2-5,9,18H,1H3,(H,20,21)(H2,16,17,23)/t9-/m1/s1. The lowest BCUT2D eigenvalue weighted by Gasteiger charge is -2.26. The molecule has 0 heterocycles. The van der Waals surface area contributed by atoms with Crippen molar-refractivity contribution in [2.45, 2.75) is 9.96 Å². The van der Waals surface area contributed by atoms with Gasteiger partial charge < -0.3 is 20.5 Å². The van der Waals surface area contributed by atoms with Gasteiger partial charge >= 0.3 is 12.1 Å². The number of carboxylic acid groups (broad SMARTS) is 1. The fourth-order valence-electron chi connectivity index (χ4n) is 1.43. The van der Waals surface area contributed by atoms with Crippen LogP contribution in [0.3, 0.4) is 0 Å². The second kappa shape index (κ2) is 8.39. The zero-order valence-electron chi connectivity index (χ0n) is 11.6. The number of benzene rings is 1. The van der Waals surface area contributed by atoms with Crippen molar-refractivity contribution >= 4 is 69.9 Å². The molecule has 0 spiro atoms. The van der Waals surface area contributed by atoms with Gasteiger partial charge in [-0.25, -0.2) is 9.59 Å². The zero-order chi connectivity index (χ0) is 17.6. The van der Waals surface area contributed by atoms with Gasteiger partial charge in [0.2, 0.25) is 3.79 Å². The largest absolute Gasteiger partial charge is 0.465 e. The molecule has 0 aliphatic carbocycles. The Labute approximate surface area is 152 Å². The van der Waals surface area contributed by atoms with Gasteiger partial charge in [0.25, 0.3) is 0 Å². The number of thiocarbonyl (C=S) groups is 1. The van der Waals surface area contributed by atoms with Crippen LogP contribution in [0.25, 0.3) is 0 Å². The molecule has 0 bridgehead atoms. The third-order valence-electron chi connectivity index (χ3n) is 2.43. The van der Waals surface area contributed by atoms with Crippen LogP contribution in [0.4, 0.5) is 10.5 Å². The number of anilines is 1. The van der Waals surface area contributed by atoms with Crippen molar-refractivity contribution in [3.63, 3.8) is 0 Å². The number of esters is 1. The summed E-state index contributed by atoms with van der Waals surface area (Å²) in [6.45, 7) is 0. The molecule has 0 aliphatic heterocycles. The van der Waals surface area contributed by atoms with E-state index < -0.39 is 22.0 Å². The minimum atomic E-state index is -1.96. The maximum Gasteiger partial charge on any atom is 0.406 e. The van der Waals surface area contributed by atoms with Crippen molar-refractivity contribution < 1.29 is 19.4 Å². The second-order valence-corrected chi connectivity index (χ2v) is 6.87. The molecule has 126 valence electrons. The summed E-state index contributed by atoms with van der Waals surface area (Å²) in [7, 11) is 1.28. The SMILES string of the molecule is COC(=O)c1ccc(NC(=S)N[C@H](NC(=O)O)C(Cl)(Cl)Cl)cc1. The third kappa shape index (κ3) is 6.66. The molecular formula is C12H12Cl3N3O4S. The summed E-state index contributed by atoms with van der Waals surface area (Å²) in [5.41, 5.74) is 0.900. The van der Waals surface area contributed by atoms with Crippen LogP contribution in [0.15, 0.2) is 24.3 Å². The van der Waals surface area contributed by atoms with E-state index in [9.17, 15) is 9.59 Å². The van der Waals surface area contributed by atoms with Gasteiger partial charge in [-0.3, -0.25) is 5.32 Å². The van der Waals surface area contributed by atoms with Gasteiger partial charge in [-0.15, -0.1) is 0 Å². The first kappa shape index (κ1) is 19.6. The Morgan fingerprint density at radius 1 is 1.22 bits per heavy atom. The molecule has 0 radical (unpaired) electrons. The first-order valence-electron chi connectivity index (χ1n) is 5.95. The highest BCUT2D eigenvalue weighted by Gasteiger charge is 2.34. The Balaban J connectivity index is 2.71. The average Bonchev–Trinajstić information content (AvgIpc) is 2.45. The Morgan fingerprint density at radius 2 is 1.78 bits per heavy atom. The maximum atomic E-state index is 11.3. The molecule has 1 rings (SSSR count). The van der Waals surface area contributed by atoms with E-state index in [4.69, 9.17) is 52.1 Å². The van der Waals surface area contributed by atoms with Crippen LogP contribution in [-0.4, -0.2) is 39.3 Å². The maximum absolute atomic E-state index is 11.3. The Kier molecular flexibility index (Phi) is 7.14. The molecule has 1 amide bonds. The van der Waals surface area contributed by atoms with Gasteiger partial charge in [0.15, 0.2) is 11.3 Å². The first-order chi connectivity index (χ1) is 10.6. The summed E-state index contributed by atoms with van der Waals surface area (Å²) in [6.07, 6.45) is -2.65. The minimum absolute atomic E-state index is 0.0147. The molecule has 0 saturated carbocycles. The molecule has 0 fully saturated rings. The zero-order valence-corrected chi connectivity index (χ0v) is 14.7. The number of rotatable bonds is 4.